The maximum Gasteiger partial charge on any atom is 0.246 e. The third-order valence-electron chi connectivity index (χ3n) is 8.45. The van der Waals surface area contributed by atoms with E-state index in [4.69, 9.17) is 4.74 Å². The van der Waals surface area contributed by atoms with Crippen LogP contribution in [0.5, 0.6) is 5.75 Å². The van der Waals surface area contributed by atoms with Crippen LogP contribution in [0.15, 0.2) is 48.5 Å². The number of carbonyl (C=O) groups is 3. The van der Waals surface area contributed by atoms with Crippen molar-refractivity contribution in [2.24, 2.45) is 5.92 Å². The molecule has 9 nitrogen and oxygen atoms in total. The number of hydrogen-bond donors (Lipinski definition) is 4. The van der Waals surface area contributed by atoms with E-state index in [1.807, 2.05) is 30.3 Å². The van der Waals surface area contributed by atoms with E-state index in [2.05, 4.69) is 34.1 Å². The molecule has 1 fully saturated rings. The van der Waals surface area contributed by atoms with Crippen molar-refractivity contribution in [2.75, 3.05) is 20.1 Å². The molecule has 0 spiro atoms. The van der Waals surface area contributed by atoms with E-state index in [-0.39, 0.29) is 30.3 Å². The highest BCUT2D eigenvalue weighted by atomic mass is 16.5. The van der Waals surface area contributed by atoms with Gasteiger partial charge < -0.3 is 30.7 Å². The van der Waals surface area contributed by atoms with Crippen LogP contribution in [0.2, 0.25) is 0 Å². The van der Waals surface area contributed by atoms with E-state index in [1.165, 1.54) is 17.4 Å². The minimum atomic E-state index is -1.14. The molecule has 1 aliphatic carbocycles. The van der Waals surface area contributed by atoms with Crippen LogP contribution in [-0.4, -0.2) is 78.2 Å². The lowest BCUT2D eigenvalue weighted by molar-refractivity contribution is -0.145. The minimum Gasteiger partial charge on any atom is -0.489 e. The zero-order valence-electron chi connectivity index (χ0n) is 24.0. The molecule has 0 aromatic heterocycles. The summed E-state index contributed by atoms with van der Waals surface area (Å²) < 4.78 is 6.47. The normalized spacial score (nSPS) is 27.1. The molecule has 5 atom stereocenters. The molecule has 2 aromatic rings. The van der Waals surface area contributed by atoms with Crippen LogP contribution in [0.1, 0.15) is 49.3 Å². The van der Waals surface area contributed by atoms with Crippen LogP contribution in [0, 0.1) is 5.92 Å². The van der Waals surface area contributed by atoms with Gasteiger partial charge in [0.05, 0.1) is 12.1 Å². The fraction of sp³-hybridized carbons (Fsp3) is 0.531. The lowest BCUT2D eigenvalue weighted by Gasteiger charge is -2.34. The van der Waals surface area contributed by atoms with Crippen molar-refractivity contribution in [3.63, 3.8) is 0 Å². The Labute approximate surface area is 242 Å². The smallest absolute Gasteiger partial charge is 0.246 e. The van der Waals surface area contributed by atoms with Gasteiger partial charge >= 0.3 is 0 Å². The predicted octanol–water partition coefficient (Wildman–Crippen LogP) is 1.75. The van der Waals surface area contributed by atoms with E-state index >= 15 is 0 Å². The molecular weight excluding hydrogens is 520 g/mol. The summed E-state index contributed by atoms with van der Waals surface area (Å²) in [6, 6.07) is 13.3. The van der Waals surface area contributed by atoms with E-state index < -0.39 is 30.1 Å². The SMILES string of the molecule is CC(O)C1C(=O)NC(Cc2ccccc2)C(=O)NCCCc2cccc3c2OC(CC3)CNC(C2CC2)C(=O)N1C. The standard InChI is InChI=1S/C32H42N4O5/c1-20(37)28-31(39)35-26(18-21-8-4-3-5-9-21)30(38)33-17-7-12-23-10-6-11-24-15-16-25(41-29(23)24)19-34-27(22-13-14-22)32(40)36(28)2/h3-6,8-11,20,22,25-28,34,37H,7,12-19H2,1-2H3,(H,33,38)(H,35,39). The van der Waals surface area contributed by atoms with Gasteiger partial charge in [-0.15, -0.1) is 0 Å². The molecule has 5 rings (SSSR count). The fourth-order valence-corrected chi connectivity index (χ4v) is 6.02. The number of rotatable bonds is 4. The summed E-state index contributed by atoms with van der Waals surface area (Å²) in [7, 11) is 1.56. The average molecular weight is 563 g/mol. The number of fused-ring (bicyclic) bond motifs is 1. The highest BCUT2D eigenvalue weighted by Crippen LogP contribution is 2.35. The van der Waals surface area contributed by atoms with Crippen molar-refractivity contribution >= 4 is 17.7 Å². The maximum absolute atomic E-state index is 13.8. The van der Waals surface area contributed by atoms with Crippen molar-refractivity contribution in [3.8, 4) is 5.75 Å². The van der Waals surface area contributed by atoms with E-state index in [0.29, 0.717) is 13.1 Å². The van der Waals surface area contributed by atoms with Gasteiger partial charge in [-0.05, 0) is 68.1 Å². The number of carbonyl (C=O) groups excluding carboxylic acids is 3. The van der Waals surface area contributed by atoms with Crippen LogP contribution in [0.3, 0.4) is 0 Å². The summed E-state index contributed by atoms with van der Waals surface area (Å²) in [5.41, 5.74) is 3.21. The van der Waals surface area contributed by atoms with Gasteiger partial charge in [-0.25, -0.2) is 0 Å². The quantitative estimate of drug-likeness (QED) is 0.451. The Bertz CT molecular complexity index is 1230. The summed E-state index contributed by atoms with van der Waals surface area (Å²) in [5.74, 6) is 0.00459. The second-order valence-corrected chi connectivity index (χ2v) is 11.7. The van der Waals surface area contributed by atoms with Crippen LogP contribution in [0.4, 0.5) is 0 Å². The highest BCUT2D eigenvalue weighted by molar-refractivity contribution is 5.93. The first-order chi connectivity index (χ1) is 19.8. The van der Waals surface area contributed by atoms with Gasteiger partial charge in [0.2, 0.25) is 17.7 Å². The number of para-hydroxylation sites is 1. The number of nitrogens with zero attached hydrogens (tertiary/aromatic N) is 1. The maximum atomic E-state index is 13.8. The molecule has 5 unspecified atom stereocenters. The van der Waals surface area contributed by atoms with Gasteiger partial charge in [0, 0.05) is 26.6 Å². The fourth-order valence-electron chi connectivity index (χ4n) is 6.02. The van der Waals surface area contributed by atoms with Crippen molar-refractivity contribution in [2.45, 2.75) is 82.2 Å². The number of amides is 3. The second kappa shape index (κ2) is 13.0. The van der Waals surface area contributed by atoms with Gasteiger partial charge in [0.1, 0.15) is 23.9 Å². The number of nitrogens with one attached hydrogen (secondary N) is 3. The largest absolute Gasteiger partial charge is 0.489 e. The Hall–Kier alpha value is -3.43. The van der Waals surface area contributed by atoms with Crippen molar-refractivity contribution in [1.82, 2.24) is 20.9 Å². The van der Waals surface area contributed by atoms with Crippen LogP contribution in [-0.2, 0) is 33.6 Å². The lowest BCUT2D eigenvalue weighted by atomic mass is 9.96. The molecule has 41 heavy (non-hydrogen) atoms. The molecular formula is C32H42N4O5. The lowest BCUT2D eigenvalue weighted by Crippen LogP contribution is -2.60. The molecule has 0 radical (unpaired) electrons. The molecule has 1 saturated carbocycles. The Morgan fingerprint density at radius 3 is 2.41 bits per heavy atom. The number of likely N-dealkylation sites (N-methyl/N-ethyl adjacent to an activating group) is 1. The molecule has 2 heterocycles. The summed E-state index contributed by atoms with van der Waals surface area (Å²) in [6.07, 6.45) is 4.16. The number of aliphatic hydroxyl groups excluding tert-OH is 1. The average Bonchev–Trinajstić information content (AvgIpc) is 3.80. The van der Waals surface area contributed by atoms with Gasteiger partial charge in [0.15, 0.2) is 0 Å². The van der Waals surface area contributed by atoms with E-state index in [0.717, 1.165) is 55.4 Å². The number of aryl methyl sites for hydroxylation is 2. The van der Waals surface area contributed by atoms with Gasteiger partial charge in [0.25, 0.3) is 0 Å². The van der Waals surface area contributed by atoms with Crippen LogP contribution >= 0.6 is 0 Å². The molecule has 2 bridgehead atoms. The molecule has 4 N–H and O–H groups in total. The molecule has 2 aliphatic heterocycles. The molecule has 0 saturated heterocycles. The Morgan fingerprint density at radius 2 is 1.71 bits per heavy atom. The van der Waals surface area contributed by atoms with Crippen molar-refractivity contribution < 1.29 is 24.2 Å². The molecule has 220 valence electrons. The van der Waals surface area contributed by atoms with Gasteiger partial charge in [-0.1, -0.05) is 48.5 Å². The summed E-state index contributed by atoms with van der Waals surface area (Å²) >= 11 is 0. The topological polar surface area (TPSA) is 120 Å². The van der Waals surface area contributed by atoms with Crippen LogP contribution < -0.4 is 20.7 Å². The van der Waals surface area contributed by atoms with E-state index in [9.17, 15) is 19.5 Å². The number of benzene rings is 2. The monoisotopic (exact) mass is 562 g/mol. The first kappa shape index (κ1) is 29.1. The first-order valence-electron chi connectivity index (χ1n) is 14.9. The summed E-state index contributed by atoms with van der Waals surface area (Å²) in [5, 5.41) is 20.0. The summed E-state index contributed by atoms with van der Waals surface area (Å²) in [6.45, 7) is 2.46. The molecule has 2 aromatic carbocycles. The number of aliphatic hydroxyl groups is 1. The van der Waals surface area contributed by atoms with E-state index in [1.54, 1.807) is 7.05 Å². The molecule has 3 aliphatic rings. The van der Waals surface area contributed by atoms with Crippen molar-refractivity contribution in [3.05, 3.63) is 65.2 Å². The van der Waals surface area contributed by atoms with Crippen molar-refractivity contribution in [1.29, 1.82) is 0 Å². The minimum absolute atomic E-state index is 0.0730. The third-order valence-corrected chi connectivity index (χ3v) is 8.45. The van der Waals surface area contributed by atoms with Crippen LogP contribution in [0.25, 0.3) is 0 Å². The number of ether oxygens (including phenoxy) is 1. The second-order valence-electron chi connectivity index (χ2n) is 11.7. The molecule has 9 heteroatoms. The zero-order valence-corrected chi connectivity index (χ0v) is 24.0. The molecule has 3 amide bonds. The predicted molar refractivity (Wildman–Crippen MR) is 155 cm³/mol. The van der Waals surface area contributed by atoms with Gasteiger partial charge in [-0.2, -0.15) is 0 Å². The Balaban J connectivity index is 1.43. The Kier molecular flexibility index (Phi) is 9.25. The zero-order chi connectivity index (χ0) is 28.9. The van der Waals surface area contributed by atoms with Gasteiger partial charge in [-0.3, -0.25) is 14.4 Å². The number of hydrogen-bond acceptors (Lipinski definition) is 6. The summed E-state index contributed by atoms with van der Waals surface area (Å²) in [4.78, 5) is 42.1. The first-order valence-corrected chi connectivity index (χ1v) is 14.9. The highest BCUT2D eigenvalue weighted by Gasteiger charge is 2.42. The Morgan fingerprint density at radius 1 is 0.976 bits per heavy atom. The third kappa shape index (κ3) is 7.08.